The van der Waals surface area contributed by atoms with E-state index in [2.05, 4.69) is 10.5 Å². The minimum absolute atomic E-state index is 0.0452. The Morgan fingerprint density at radius 2 is 2.22 bits per heavy atom. The van der Waals surface area contributed by atoms with Gasteiger partial charge in [-0.2, -0.15) is 0 Å². The Morgan fingerprint density at radius 1 is 1.44 bits per heavy atom. The first-order chi connectivity index (χ1) is 13.0. The van der Waals surface area contributed by atoms with Crippen molar-refractivity contribution in [3.63, 3.8) is 0 Å². The molecule has 1 aromatic carbocycles. The van der Waals surface area contributed by atoms with Crippen LogP contribution in [0.4, 0.5) is 5.69 Å². The van der Waals surface area contributed by atoms with E-state index in [1.807, 2.05) is 31.2 Å². The summed E-state index contributed by atoms with van der Waals surface area (Å²) in [7, 11) is 0. The molecule has 1 saturated heterocycles. The van der Waals surface area contributed by atoms with Gasteiger partial charge in [-0.05, 0) is 31.4 Å². The number of hydrogen-bond acceptors (Lipinski definition) is 5. The minimum atomic E-state index is -0.736. The van der Waals surface area contributed by atoms with Gasteiger partial charge >= 0.3 is 0 Å². The fraction of sp³-hybridized carbons (Fsp3) is 0.450. The number of para-hydroxylation sites is 1. The van der Waals surface area contributed by atoms with Gasteiger partial charge in [0.1, 0.15) is 5.76 Å². The molecule has 7 heteroatoms. The van der Waals surface area contributed by atoms with E-state index in [0.29, 0.717) is 30.7 Å². The van der Waals surface area contributed by atoms with Gasteiger partial charge in [0, 0.05) is 12.2 Å². The van der Waals surface area contributed by atoms with Gasteiger partial charge in [-0.25, -0.2) is 0 Å². The van der Waals surface area contributed by atoms with Crippen LogP contribution in [0.15, 0.2) is 28.8 Å². The molecule has 0 unspecified atom stereocenters. The average Bonchev–Trinajstić information content (AvgIpc) is 3.31. The van der Waals surface area contributed by atoms with Crippen molar-refractivity contribution in [1.82, 2.24) is 10.1 Å². The third-order valence-corrected chi connectivity index (χ3v) is 5.92. The van der Waals surface area contributed by atoms with E-state index in [1.54, 1.807) is 11.8 Å². The number of aryl methyl sites for hydroxylation is 1. The molecule has 0 radical (unpaired) electrons. The summed E-state index contributed by atoms with van der Waals surface area (Å²) >= 11 is 0. The van der Waals surface area contributed by atoms with E-state index >= 15 is 0 Å². The fourth-order valence-electron chi connectivity index (χ4n) is 4.60. The number of aliphatic hydroxyl groups excluding tert-OH is 1. The maximum absolute atomic E-state index is 13.2. The Labute approximate surface area is 157 Å². The quantitative estimate of drug-likeness (QED) is 0.863. The summed E-state index contributed by atoms with van der Waals surface area (Å²) in [5, 5.41) is 16.5. The monoisotopic (exact) mass is 369 g/mol. The maximum atomic E-state index is 13.2. The molecular weight excluding hydrogens is 346 g/mol. The van der Waals surface area contributed by atoms with Crippen molar-refractivity contribution in [3.8, 4) is 0 Å². The highest BCUT2D eigenvalue weighted by atomic mass is 16.5. The number of carbonyl (C=O) groups is 2. The molecular formula is C20H23N3O4. The molecule has 0 bridgehead atoms. The summed E-state index contributed by atoms with van der Waals surface area (Å²) in [4.78, 5) is 28.0. The molecule has 142 valence electrons. The Morgan fingerprint density at radius 3 is 2.96 bits per heavy atom. The Kier molecular flexibility index (Phi) is 4.26. The minimum Gasteiger partial charge on any atom is -0.391 e. The number of carbonyl (C=O) groups excluding carboxylic acids is 2. The number of hydrogen-bond donors (Lipinski definition) is 2. The normalized spacial score (nSPS) is 23.7. The Hall–Kier alpha value is -2.67. The van der Waals surface area contributed by atoms with Gasteiger partial charge in [0.25, 0.3) is 5.91 Å². The molecule has 7 nitrogen and oxygen atoms in total. The fourth-order valence-corrected chi connectivity index (χ4v) is 4.60. The summed E-state index contributed by atoms with van der Waals surface area (Å²) in [6.45, 7) is 3.87. The number of aromatic nitrogens is 1. The number of benzene rings is 1. The summed E-state index contributed by atoms with van der Waals surface area (Å²) < 4.78 is 5.12. The Bertz CT molecular complexity index is 906. The summed E-state index contributed by atoms with van der Waals surface area (Å²) in [5.41, 5.74) is 1.60. The molecule has 2 amide bonds. The summed E-state index contributed by atoms with van der Waals surface area (Å²) in [5.74, 6) is 0.102. The molecule has 0 aliphatic carbocycles. The van der Waals surface area contributed by atoms with E-state index in [4.69, 9.17) is 4.52 Å². The molecule has 2 atom stereocenters. The van der Waals surface area contributed by atoms with Crippen LogP contribution in [-0.4, -0.2) is 39.6 Å². The number of rotatable bonds is 4. The molecule has 1 aromatic heterocycles. The molecule has 4 rings (SSSR count). The van der Waals surface area contributed by atoms with E-state index in [1.165, 1.54) is 0 Å². The van der Waals surface area contributed by atoms with Crippen molar-refractivity contribution in [3.05, 3.63) is 46.8 Å². The largest absolute Gasteiger partial charge is 0.391 e. The van der Waals surface area contributed by atoms with Crippen molar-refractivity contribution in [1.29, 1.82) is 0 Å². The van der Waals surface area contributed by atoms with E-state index in [9.17, 15) is 14.7 Å². The second-order valence-corrected chi connectivity index (χ2v) is 7.25. The summed E-state index contributed by atoms with van der Waals surface area (Å²) in [6.07, 6.45) is 2.12. The van der Waals surface area contributed by atoms with Crippen LogP contribution in [0.25, 0.3) is 0 Å². The highest BCUT2D eigenvalue weighted by molar-refractivity contribution is 6.08. The van der Waals surface area contributed by atoms with Crippen LogP contribution in [0.2, 0.25) is 0 Å². The SMILES string of the molecule is CCC[C@@H]1N(C(=O)c2noc(C)c2CO)CC[C@]12C(=O)Nc1ccccc12. The van der Waals surface area contributed by atoms with Crippen LogP contribution >= 0.6 is 0 Å². The molecule has 2 aromatic rings. The molecule has 2 aliphatic rings. The number of amides is 2. The van der Waals surface area contributed by atoms with Crippen molar-refractivity contribution >= 4 is 17.5 Å². The van der Waals surface area contributed by atoms with Gasteiger partial charge in [0.05, 0.1) is 23.6 Å². The van der Waals surface area contributed by atoms with Crippen molar-refractivity contribution in [2.24, 2.45) is 0 Å². The van der Waals surface area contributed by atoms with Crippen molar-refractivity contribution in [2.75, 3.05) is 11.9 Å². The lowest BCUT2D eigenvalue weighted by Gasteiger charge is -2.33. The third kappa shape index (κ3) is 2.41. The first-order valence-corrected chi connectivity index (χ1v) is 9.32. The lowest BCUT2D eigenvalue weighted by Crippen LogP contribution is -2.49. The third-order valence-electron chi connectivity index (χ3n) is 5.92. The first kappa shape index (κ1) is 17.7. The molecule has 27 heavy (non-hydrogen) atoms. The van der Waals surface area contributed by atoms with Crippen LogP contribution in [-0.2, 0) is 16.8 Å². The van der Waals surface area contributed by atoms with Gasteiger partial charge in [-0.1, -0.05) is 36.7 Å². The molecule has 1 spiro atoms. The standard InChI is InChI=1S/C20H23N3O4/c1-3-6-16-20(14-7-4-5-8-15(14)21-19(20)26)9-10-23(16)18(25)17-13(11-24)12(2)27-22-17/h4-5,7-8,16,24H,3,6,9-11H2,1-2H3,(H,21,26)/t16-,20+/m0/s1. The van der Waals surface area contributed by atoms with Crippen LogP contribution in [0.1, 0.15) is 53.6 Å². The molecule has 3 heterocycles. The predicted octanol–water partition coefficient (Wildman–Crippen LogP) is 2.38. The van der Waals surface area contributed by atoms with Gasteiger partial charge in [-0.15, -0.1) is 0 Å². The van der Waals surface area contributed by atoms with Crippen LogP contribution in [0.5, 0.6) is 0 Å². The molecule has 2 N–H and O–H groups in total. The second-order valence-electron chi connectivity index (χ2n) is 7.25. The zero-order valence-corrected chi connectivity index (χ0v) is 15.5. The number of nitrogens with one attached hydrogen (secondary N) is 1. The lowest BCUT2D eigenvalue weighted by atomic mass is 9.73. The number of fused-ring (bicyclic) bond motifs is 2. The molecule has 1 fully saturated rings. The smallest absolute Gasteiger partial charge is 0.276 e. The van der Waals surface area contributed by atoms with E-state index in [-0.39, 0.29) is 30.2 Å². The van der Waals surface area contributed by atoms with E-state index in [0.717, 1.165) is 17.7 Å². The Balaban J connectivity index is 1.76. The predicted molar refractivity (Wildman–Crippen MR) is 98.3 cm³/mol. The zero-order valence-electron chi connectivity index (χ0n) is 15.5. The van der Waals surface area contributed by atoms with Crippen LogP contribution < -0.4 is 5.32 Å². The average molecular weight is 369 g/mol. The van der Waals surface area contributed by atoms with Gasteiger partial charge in [-0.3, -0.25) is 9.59 Å². The topological polar surface area (TPSA) is 95.7 Å². The van der Waals surface area contributed by atoms with Gasteiger partial charge < -0.3 is 19.8 Å². The first-order valence-electron chi connectivity index (χ1n) is 9.32. The molecule has 2 aliphatic heterocycles. The van der Waals surface area contributed by atoms with E-state index < -0.39 is 5.41 Å². The second kappa shape index (κ2) is 6.49. The van der Waals surface area contributed by atoms with Crippen LogP contribution in [0.3, 0.4) is 0 Å². The van der Waals surface area contributed by atoms with Gasteiger partial charge in [0.2, 0.25) is 5.91 Å². The zero-order chi connectivity index (χ0) is 19.2. The highest BCUT2D eigenvalue weighted by Crippen LogP contribution is 2.49. The van der Waals surface area contributed by atoms with Crippen molar-refractivity contribution in [2.45, 2.75) is 51.2 Å². The lowest BCUT2D eigenvalue weighted by molar-refractivity contribution is -0.121. The van der Waals surface area contributed by atoms with Crippen molar-refractivity contribution < 1.29 is 19.2 Å². The number of nitrogens with zero attached hydrogens (tertiary/aromatic N) is 2. The number of anilines is 1. The summed E-state index contributed by atoms with van der Waals surface area (Å²) in [6, 6.07) is 7.45. The van der Waals surface area contributed by atoms with Crippen LogP contribution in [0, 0.1) is 6.92 Å². The number of aliphatic hydroxyl groups is 1. The molecule has 0 saturated carbocycles. The highest BCUT2D eigenvalue weighted by Gasteiger charge is 2.58. The number of likely N-dealkylation sites (tertiary alicyclic amines) is 1. The van der Waals surface area contributed by atoms with Gasteiger partial charge in [0.15, 0.2) is 5.69 Å². The maximum Gasteiger partial charge on any atom is 0.276 e.